The predicted octanol–water partition coefficient (Wildman–Crippen LogP) is 2.40. The molecule has 1 aliphatic carbocycles. The molecule has 1 amide bonds. The van der Waals surface area contributed by atoms with Crippen LogP contribution in [-0.4, -0.2) is 64.1 Å². The van der Waals surface area contributed by atoms with Gasteiger partial charge in [-0.25, -0.2) is 4.39 Å². The molecule has 0 N–H and O–H groups in total. The molecule has 0 bridgehead atoms. The van der Waals surface area contributed by atoms with Gasteiger partial charge in [0.15, 0.2) is 0 Å². The van der Waals surface area contributed by atoms with E-state index < -0.39 is 5.60 Å². The van der Waals surface area contributed by atoms with Gasteiger partial charge in [0.05, 0.1) is 17.8 Å². The minimum atomic E-state index is -0.526. The number of morpholine rings is 1. The highest BCUT2D eigenvalue weighted by Gasteiger charge is 2.62. The average molecular weight is 361 g/mol. The molecule has 1 saturated carbocycles. The van der Waals surface area contributed by atoms with E-state index in [1.165, 1.54) is 6.07 Å². The fourth-order valence-electron chi connectivity index (χ4n) is 4.29. The van der Waals surface area contributed by atoms with E-state index in [9.17, 15) is 9.18 Å². The summed E-state index contributed by atoms with van der Waals surface area (Å²) in [5.74, 6) is -0.0375. The molecule has 1 aromatic rings. The zero-order valence-electron chi connectivity index (χ0n) is 15.7. The second-order valence-electron chi connectivity index (χ2n) is 8.33. The van der Waals surface area contributed by atoms with Crippen LogP contribution in [0.5, 0.6) is 0 Å². The number of halogens is 1. The maximum Gasteiger partial charge on any atom is 0.255 e. The first-order chi connectivity index (χ1) is 12.4. The standard InChI is InChI=1S/C20H28FN3O2/c1-15(2)24-14-19(26-20(6-7-20)18(24)25)8-12-23(13-9-19)11-5-17-16(21)4-3-10-22-17/h3-4,10,15H,5-9,11-14H2,1-2H3. The Kier molecular flexibility index (Phi) is 4.51. The summed E-state index contributed by atoms with van der Waals surface area (Å²) < 4.78 is 20.2. The van der Waals surface area contributed by atoms with Crippen molar-refractivity contribution in [2.45, 2.75) is 63.2 Å². The van der Waals surface area contributed by atoms with Gasteiger partial charge in [0.1, 0.15) is 11.4 Å². The maximum atomic E-state index is 13.7. The fourth-order valence-corrected chi connectivity index (χ4v) is 4.29. The third-order valence-corrected chi connectivity index (χ3v) is 6.12. The quantitative estimate of drug-likeness (QED) is 0.826. The maximum absolute atomic E-state index is 13.7. The first-order valence-electron chi connectivity index (χ1n) is 9.76. The van der Waals surface area contributed by atoms with Crippen molar-refractivity contribution >= 4 is 5.91 Å². The summed E-state index contributed by atoms with van der Waals surface area (Å²) in [5.41, 5.74) is -0.196. The average Bonchev–Trinajstić information content (AvgIpc) is 3.39. The van der Waals surface area contributed by atoms with Crippen LogP contribution in [0.25, 0.3) is 0 Å². The van der Waals surface area contributed by atoms with E-state index in [0.717, 1.165) is 45.3 Å². The highest BCUT2D eigenvalue weighted by molar-refractivity contribution is 5.89. The van der Waals surface area contributed by atoms with Gasteiger partial charge < -0.3 is 14.5 Å². The lowest BCUT2D eigenvalue weighted by molar-refractivity contribution is -0.203. The van der Waals surface area contributed by atoms with Gasteiger partial charge in [-0.1, -0.05) is 0 Å². The molecule has 2 saturated heterocycles. The van der Waals surface area contributed by atoms with Crippen molar-refractivity contribution in [3.8, 4) is 0 Å². The molecule has 3 fully saturated rings. The molecular weight excluding hydrogens is 333 g/mol. The van der Waals surface area contributed by atoms with E-state index in [4.69, 9.17) is 4.74 Å². The number of carbonyl (C=O) groups excluding carboxylic acids is 1. The van der Waals surface area contributed by atoms with Crippen LogP contribution in [0.1, 0.15) is 45.2 Å². The molecule has 5 nitrogen and oxygen atoms in total. The summed E-state index contributed by atoms with van der Waals surface area (Å²) in [6.45, 7) is 7.53. The van der Waals surface area contributed by atoms with Gasteiger partial charge >= 0.3 is 0 Å². The van der Waals surface area contributed by atoms with Crippen LogP contribution in [0.15, 0.2) is 18.3 Å². The van der Waals surface area contributed by atoms with Crippen LogP contribution in [-0.2, 0) is 16.0 Å². The molecule has 142 valence electrons. The van der Waals surface area contributed by atoms with E-state index in [-0.39, 0.29) is 23.4 Å². The normalized spacial score (nSPS) is 24.6. The molecule has 0 aromatic carbocycles. The van der Waals surface area contributed by atoms with Crippen LogP contribution >= 0.6 is 0 Å². The summed E-state index contributed by atoms with van der Waals surface area (Å²) in [6, 6.07) is 3.31. The molecule has 2 aliphatic heterocycles. The molecule has 3 aliphatic rings. The minimum absolute atomic E-state index is 0.186. The van der Waals surface area contributed by atoms with Gasteiger partial charge in [-0.2, -0.15) is 0 Å². The van der Waals surface area contributed by atoms with Gasteiger partial charge in [0.25, 0.3) is 5.91 Å². The minimum Gasteiger partial charge on any atom is -0.357 e. The van der Waals surface area contributed by atoms with Crippen LogP contribution in [0.3, 0.4) is 0 Å². The van der Waals surface area contributed by atoms with Crippen molar-refractivity contribution in [2.75, 3.05) is 26.2 Å². The molecule has 0 radical (unpaired) electrons. The summed E-state index contributed by atoms with van der Waals surface area (Å²) in [7, 11) is 0. The van der Waals surface area contributed by atoms with Crippen molar-refractivity contribution in [3.05, 3.63) is 29.8 Å². The van der Waals surface area contributed by atoms with E-state index in [1.54, 1.807) is 12.3 Å². The van der Waals surface area contributed by atoms with E-state index in [2.05, 4.69) is 23.7 Å². The number of rotatable bonds is 4. The topological polar surface area (TPSA) is 45.7 Å². The molecule has 2 spiro atoms. The smallest absolute Gasteiger partial charge is 0.255 e. The van der Waals surface area contributed by atoms with Gasteiger partial charge in [-0.3, -0.25) is 9.78 Å². The van der Waals surface area contributed by atoms with Crippen molar-refractivity contribution < 1.29 is 13.9 Å². The molecule has 0 unspecified atom stereocenters. The molecule has 26 heavy (non-hydrogen) atoms. The number of aromatic nitrogens is 1. The van der Waals surface area contributed by atoms with Crippen LogP contribution < -0.4 is 0 Å². The Balaban J connectivity index is 1.37. The molecule has 4 rings (SSSR count). The monoisotopic (exact) mass is 361 g/mol. The Bertz CT molecular complexity index is 681. The van der Waals surface area contributed by atoms with Crippen molar-refractivity contribution in [1.82, 2.24) is 14.8 Å². The lowest BCUT2D eigenvalue weighted by Crippen LogP contribution is -2.64. The number of ether oxygens (including phenoxy) is 1. The van der Waals surface area contributed by atoms with E-state index in [0.29, 0.717) is 18.7 Å². The zero-order valence-corrected chi connectivity index (χ0v) is 15.7. The first-order valence-corrected chi connectivity index (χ1v) is 9.76. The fraction of sp³-hybridized carbons (Fsp3) is 0.700. The number of likely N-dealkylation sites (tertiary alicyclic amines) is 1. The summed E-state index contributed by atoms with van der Waals surface area (Å²) >= 11 is 0. The number of hydrogen-bond donors (Lipinski definition) is 0. The second-order valence-corrected chi connectivity index (χ2v) is 8.33. The van der Waals surface area contributed by atoms with Gasteiger partial charge in [0, 0.05) is 38.3 Å². The Labute approximate surface area is 154 Å². The SMILES string of the molecule is CC(C)N1CC2(CCN(CCc3ncccc3F)CC2)OC2(CC2)C1=O. The molecular formula is C20H28FN3O2. The molecule has 0 atom stereocenters. The third-order valence-electron chi connectivity index (χ3n) is 6.12. The predicted molar refractivity (Wildman–Crippen MR) is 96.2 cm³/mol. The van der Waals surface area contributed by atoms with Gasteiger partial charge in [-0.15, -0.1) is 0 Å². The zero-order chi connectivity index (χ0) is 18.4. The summed E-state index contributed by atoms with van der Waals surface area (Å²) in [4.78, 5) is 21.2. The third kappa shape index (κ3) is 3.25. The lowest BCUT2D eigenvalue weighted by atomic mass is 9.87. The summed E-state index contributed by atoms with van der Waals surface area (Å²) in [5, 5.41) is 0. The summed E-state index contributed by atoms with van der Waals surface area (Å²) in [6.07, 6.45) is 5.85. The largest absolute Gasteiger partial charge is 0.357 e. The molecule has 3 heterocycles. The van der Waals surface area contributed by atoms with Gasteiger partial charge in [-0.05, 0) is 51.7 Å². The van der Waals surface area contributed by atoms with Crippen molar-refractivity contribution in [1.29, 1.82) is 0 Å². The Morgan fingerprint density at radius 3 is 2.62 bits per heavy atom. The van der Waals surface area contributed by atoms with Gasteiger partial charge in [0.2, 0.25) is 0 Å². The number of carbonyl (C=O) groups is 1. The Morgan fingerprint density at radius 1 is 1.27 bits per heavy atom. The Hall–Kier alpha value is -1.53. The highest BCUT2D eigenvalue weighted by atomic mass is 19.1. The second kappa shape index (κ2) is 6.57. The first kappa shape index (κ1) is 17.9. The highest BCUT2D eigenvalue weighted by Crippen LogP contribution is 2.50. The number of hydrogen-bond acceptors (Lipinski definition) is 4. The number of amides is 1. The Morgan fingerprint density at radius 2 is 2.00 bits per heavy atom. The number of pyridine rings is 1. The number of piperidine rings is 1. The lowest BCUT2D eigenvalue weighted by Gasteiger charge is -2.51. The molecule has 1 aromatic heterocycles. The van der Waals surface area contributed by atoms with Crippen LogP contribution in [0, 0.1) is 5.82 Å². The van der Waals surface area contributed by atoms with E-state index in [1.807, 2.05) is 4.90 Å². The van der Waals surface area contributed by atoms with Crippen molar-refractivity contribution in [2.24, 2.45) is 0 Å². The van der Waals surface area contributed by atoms with E-state index >= 15 is 0 Å². The molecule has 6 heteroatoms. The van der Waals surface area contributed by atoms with Crippen molar-refractivity contribution in [3.63, 3.8) is 0 Å². The number of nitrogens with zero attached hydrogens (tertiary/aromatic N) is 3. The van der Waals surface area contributed by atoms with Crippen LogP contribution in [0.2, 0.25) is 0 Å². The van der Waals surface area contributed by atoms with Crippen LogP contribution in [0.4, 0.5) is 4.39 Å².